The first-order valence-electron chi connectivity index (χ1n) is 9.11. The summed E-state index contributed by atoms with van der Waals surface area (Å²) in [6.07, 6.45) is 5.72. The normalized spacial score (nSPS) is 19.5. The molecular formula is C17H25N7O. The van der Waals surface area contributed by atoms with Crippen molar-refractivity contribution in [3.63, 3.8) is 0 Å². The minimum absolute atomic E-state index is 0.326. The van der Waals surface area contributed by atoms with Crippen molar-refractivity contribution in [1.82, 2.24) is 29.6 Å². The number of amides is 1. The molecule has 134 valence electrons. The number of nitrogens with zero attached hydrogens (tertiary/aromatic N) is 7. The second kappa shape index (κ2) is 6.95. The predicted molar refractivity (Wildman–Crippen MR) is 94.5 cm³/mol. The number of carbonyl (C=O) groups excluding carboxylic acids is 1. The summed E-state index contributed by atoms with van der Waals surface area (Å²) >= 11 is 0. The Morgan fingerprint density at radius 2 is 2.12 bits per heavy atom. The van der Waals surface area contributed by atoms with Crippen molar-refractivity contribution in [2.75, 3.05) is 44.7 Å². The first-order chi connectivity index (χ1) is 12.2. The molecule has 0 radical (unpaired) electrons. The SMILES string of the molecule is CN(CCN1CCCCCC1=O)C1CN(c2ccc3nncn3n2)C1. The van der Waals surface area contributed by atoms with E-state index in [2.05, 4.69) is 32.1 Å². The van der Waals surface area contributed by atoms with Gasteiger partial charge in [0.05, 0.1) is 0 Å². The Hall–Kier alpha value is -2.22. The molecule has 0 spiro atoms. The monoisotopic (exact) mass is 343 g/mol. The van der Waals surface area contributed by atoms with Gasteiger partial charge in [0, 0.05) is 45.2 Å². The molecule has 0 saturated carbocycles. The zero-order chi connectivity index (χ0) is 17.2. The lowest BCUT2D eigenvalue weighted by molar-refractivity contribution is -0.130. The Morgan fingerprint density at radius 1 is 1.24 bits per heavy atom. The van der Waals surface area contributed by atoms with Crippen molar-refractivity contribution in [3.8, 4) is 0 Å². The van der Waals surface area contributed by atoms with Gasteiger partial charge >= 0.3 is 0 Å². The lowest BCUT2D eigenvalue weighted by atomic mass is 10.1. The second-order valence-electron chi connectivity index (χ2n) is 7.06. The third-order valence-electron chi connectivity index (χ3n) is 5.35. The van der Waals surface area contributed by atoms with E-state index in [1.54, 1.807) is 10.8 Å². The average Bonchev–Trinajstić information content (AvgIpc) is 2.93. The molecule has 2 aromatic heterocycles. The zero-order valence-corrected chi connectivity index (χ0v) is 14.7. The maximum atomic E-state index is 12.1. The molecule has 0 atom stereocenters. The minimum atomic E-state index is 0.326. The van der Waals surface area contributed by atoms with E-state index < -0.39 is 0 Å². The smallest absolute Gasteiger partial charge is 0.222 e. The molecule has 25 heavy (non-hydrogen) atoms. The van der Waals surface area contributed by atoms with Crippen LogP contribution in [-0.2, 0) is 4.79 Å². The van der Waals surface area contributed by atoms with Crippen molar-refractivity contribution in [1.29, 1.82) is 0 Å². The minimum Gasteiger partial charge on any atom is -0.352 e. The average molecular weight is 343 g/mol. The summed E-state index contributed by atoms with van der Waals surface area (Å²) < 4.78 is 1.71. The van der Waals surface area contributed by atoms with Crippen LogP contribution in [0.2, 0.25) is 0 Å². The maximum absolute atomic E-state index is 12.1. The molecule has 1 amide bonds. The molecule has 4 heterocycles. The Kier molecular flexibility index (Phi) is 4.52. The van der Waals surface area contributed by atoms with Gasteiger partial charge in [-0.2, -0.15) is 4.52 Å². The Labute approximate surface area is 147 Å². The van der Waals surface area contributed by atoms with Crippen LogP contribution >= 0.6 is 0 Å². The van der Waals surface area contributed by atoms with Gasteiger partial charge in [0.15, 0.2) is 5.65 Å². The quantitative estimate of drug-likeness (QED) is 0.794. The van der Waals surface area contributed by atoms with Crippen LogP contribution in [0, 0.1) is 0 Å². The van der Waals surface area contributed by atoms with E-state index in [4.69, 9.17) is 0 Å². The van der Waals surface area contributed by atoms with Crippen LogP contribution in [0.25, 0.3) is 5.65 Å². The summed E-state index contributed by atoms with van der Waals surface area (Å²) in [6, 6.07) is 4.45. The van der Waals surface area contributed by atoms with Crippen molar-refractivity contribution in [2.45, 2.75) is 31.7 Å². The van der Waals surface area contributed by atoms with E-state index in [0.29, 0.717) is 11.9 Å². The molecule has 2 aromatic rings. The molecule has 0 aromatic carbocycles. The van der Waals surface area contributed by atoms with E-state index >= 15 is 0 Å². The molecule has 2 saturated heterocycles. The maximum Gasteiger partial charge on any atom is 0.222 e. The fraction of sp³-hybridized carbons (Fsp3) is 0.647. The van der Waals surface area contributed by atoms with E-state index in [-0.39, 0.29) is 0 Å². The number of likely N-dealkylation sites (tertiary alicyclic amines) is 1. The molecule has 0 N–H and O–H groups in total. The van der Waals surface area contributed by atoms with Crippen LogP contribution in [0.1, 0.15) is 25.7 Å². The molecule has 2 aliphatic heterocycles. The van der Waals surface area contributed by atoms with Crippen LogP contribution in [0.5, 0.6) is 0 Å². The van der Waals surface area contributed by atoms with Gasteiger partial charge in [0.2, 0.25) is 5.91 Å². The highest BCUT2D eigenvalue weighted by Crippen LogP contribution is 2.21. The molecule has 0 bridgehead atoms. The molecule has 4 rings (SSSR count). The third kappa shape index (κ3) is 3.44. The number of likely N-dealkylation sites (N-methyl/N-ethyl adjacent to an activating group) is 1. The summed E-state index contributed by atoms with van der Waals surface area (Å²) in [7, 11) is 2.15. The highest BCUT2D eigenvalue weighted by atomic mass is 16.2. The van der Waals surface area contributed by atoms with Gasteiger partial charge in [0.25, 0.3) is 0 Å². The van der Waals surface area contributed by atoms with Gasteiger partial charge in [-0.05, 0) is 32.0 Å². The van der Waals surface area contributed by atoms with E-state index in [0.717, 1.165) is 63.5 Å². The highest BCUT2D eigenvalue weighted by molar-refractivity contribution is 5.76. The summed E-state index contributed by atoms with van der Waals surface area (Å²) in [4.78, 5) is 18.8. The van der Waals surface area contributed by atoms with Crippen LogP contribution in [0.3, 0.4) is 0 Å². The van der Waals surface area contributed by atoms with E-state index in [1.807, 2.05) is 17.0 Å². The Morgan fingerprint density at radius 3 is 3.00 bits per heavy atom. The largest absolute Gasteiger partial charge is 0.352 e. The van der Waals surface area contributed by atoms with E-state index in [9.17, 15) is 4.79 Å². The summed E-state index contributed by atoms with van der Waals surface area (Å²) in [5.74, 6) is 1.28. The second-order valence-corrected chi connectivity index (χ2v) is 7.06. The van der Waals surface area contributed by atoms with Crippen LogP contribution in [0.15, 0.2) is 18.5 Å². The fourth-order valence-corrected chi connectivity index (χ4v) is 3.54. The Balaban J connectivity index is 1.27. The first kappa shape index (κ1) is 16.3. The molecule has 0 unspecified atom stereocenters. The number of carbonyl (C=O) groups is 1. The summed E-state index contributed by atoms with van der Waals surface area (Å²) in [5.41, 5.74) is 0.764. The lowest BCUT2D eigenvalue weighted by Gasteiger charge is -2.45. The summed E-state index contributed by atoms with van der Waals surface area (Å²) in [5, 5.41) is 12.4. The standard InChI is InChI=1S/C17H25N7O/c1-21(9-10-22-8-4-2-3-5-17(22)25)14-11-23(12-14)16-7-6-15-19-18-13-24(15)20-16/h6-7,13-14H,2-5,8-12H2,1H3. The third-order valence-corrected chi connectivity index (χ3v) is 5.35. The molecule has 2 aliphatic rings. The molecular weight excluding hydrogens is 318 g/mol. The van der Waals surface area contributed by atoms with Crippen molar-refractivity contribution < 1.29 is 4.79 Å². The number of anilines is 1. The van der Waals surface area contributed by atoms with Crippen LogP contribution in [-0.4, -0.2) is 81.3 Å². The van der Waals surface area contributed by atoms with Gasteiger partial charge in [-0.15, -0.1) is 15.3 Å². The van der Waals surface area contributed by atoms with Crippen LogP contribution < -0.4 is 4.90 Å². The van der Waals surface area contributed by atoms with Gasteiger partial charge in [-0.1, -0.05) is 6.42 Å². The number of hydrogen-bond donors (Lipinski definition) is 0. The molecule has 0 aliphatic carbocycles. The first-order valence-corrected chi connectivity index (χ1v) is 9.11. The highest BCUT2D eigenvalue weighted by Gasteiger charge is 2.31. The molecule has 2 fully saturated rings. The van der Waals surface area contributed by atoms with Crippen molar-refractivity contribution in [2.24, 2.45) is 0 Å². The van der Waals surface area contributed by atoms with Gasteiger partial charge < -0.3 is 9.80 Å². The van der Waals surface area contributed by atoms with Gasteiger partial charge in [-0.25, -0.2) is 0 Å². The summed E-state index contributed by atoms with van der Waals surface area (Å²) in [6.45, 7) is 4.63. The van der Waals surface area contributed by atoms with Gasteiger partial charge in [-0.3, -0.25) is 9.69 Å². The van der Waals surface area contributed by atoms with E-state index in [1.165, 1.54) is 6.42 Å². The van der Waals surface area contributed by atoms with Crippen molar-refractivity contribution in [3.05, 3.63) is 18.5 Å². The fourth-order valence-electron chi connectivity index (χ4n) is 3.54. The number of hydrogen-bond acceptors (Lipinski definition) is 6. The molecule has 8 nitrogen and oxygen atoms in total. The topological polar surface area (TPSA) is 69.9 Å². The number of rotatable bonds is 5. The number of aromatic nitrogens is 4. The lowest BCUT2D eigenvalue weighted by Crippen LogP contribution is -2.59. The van der Waals surface area contributed by atoms with Crippen molar-refractivity contribution >= 4 is 17.4 Å². The number of fused-ring (bicyclic) bond motifs is 1. The Bertz CT molecular complexity index is 739. The van der Waals surface area contributed by atoms with Gasteiger partial charge in [0.1, 0.15) is 12.1 Å². The van der Waals surface area contributed by atoms with Crippen LogP contribution in [0.4, 0.5) is 5.82 Å². The zero-order valence-electron chi connectivity index (χ0n) is 14.7. The predicted octanol–water partition coefficient (Wildman–Crippen LogP) is 0.647. The molecule has 8 heteroatoms.